The van der Waals surface area contributed by atoms with Crippen LogP contribution in [0.25, 0.3) is 11.3 Å². The predicted molar refractivity (Wildman–Crippen MR) is 112 cm³/mol. The maximum absolute atomic E-state index is 13.1. The highest BCUT2D eigenvalue weighted by molar-refractivity contribution is 5.99. The fourth-order valence-electron chi connectivity index (χ4n) is 3.50. The van der Waals surface area contributed by atoms with E-state index in [-0.39, 0.29) is 25.5 Å². The molecule has 1 aliphatic heterocycles. The molecule has 1 atom stereocenters. The SMILES string of the molecule is COc1ccc(-c2cc(COC(=O)C3CC(=O)N(c4ccc(F)cc4)C3)no2)cc1OC. The number of aromatic nitrogens is 1. The first-order chi connectivity index (χ1) is 15.5. The average Bonchev–Trinajstić information content (AvgIpc) is 3.44. The molecule has 32 heavy (non-hydrogen) atoms. The smallest absolute Gasteiger partial charge is 0.311 e. The molecule has 0 saturated carbocycles. The summed E-state index contributed by atoms with van der Waals surface area (Å²) in [6.45, 7) is 0.0931. The minimum Gasteiger partial charge on any atom is -0.493 e. The average molecular weight is 440 g/mol. The molecule has 0 spiro atoms. The second kappa shape index (κ2) is 9.09. The van der Waals surface area contributed by atoms with E-state index in [9.17, 15) is 14.0 Å². The minimum absolute atomic E-state index is 0.0336. The van der Waals surface area contributed by atoms with Crippen molar-refractivity contribution < 1.29 is 32.7 Å². The fourth-order valence-corrected chi connectivity index (χ4v) is 3.50. The lowest BCUT2D eigenvalue weighted by atomic mass is 10.1. The van der Waals surface area contributed by atoms with Gasteiger partial charge in [-0.25, -0.2) is 4.39 Å². The quantitative estimate of drug-likeness (QED) is 0.519. The van der Waals surface area contributed by atoms with E-state index in [0.29, 0.717) is 28.6 Å². The van der Waals surface area contributed by atoms with E-state index in [1.807, 2.05) is 0 Å². The van der Waals surface area contributed by atoms with Crippen molar-refractivity contribution >= 4 is 17.6 Å². The van der Waals surface area contributed by atoms with E-state index in [0.717, 1.165) is 5.56 Å². The zero-order chi connectivity index (χ0) is 22.7. The zero-order valence-corrected chi connectivity index (χ0v) is 17.5. The van der Waals surface area contributed by atoms with Crippen LogP contribution in [-0.2, 0) is 20.9 Å². The number of nitrogens with zero attached hydrogens (tertiary/aromatic N) is 2. The normalized spacial score (nSPS) is 15.7. The highest BCUT2D eigenvalue weighted by Crippen LogP contribution is 2.32. The first-order valence-corrected chi connectivity index (χ1v) is 9.89. The number of hydrogen-bond acceptors (Lipinski definition) is 7. The maximum atomic E-state index is 13.1. The molecule has 1 aromatic heterocycles. The first kappa shape index (κ1) is 21.4. The lowest BCUT2D eigenvalue weighted by Gasteiger charge is -2.16. The van der Waals surface area contributed by atoms with Crippen molar-refractivity contribution in [3.63, 3.8) is 0 Å². The van der Waals surface area contributed by atoms with Crippen LogP contribution in [0.15, 0.2) is 53.1 Å². The van der Waals surface area contributed by atoms with Gasteiger partial charge in [0.1, 0.15) is 18.1 Å². The van der Waals surface area contributed by atoms with Gasteiger partial charge in [0.05, 0.1) is 20.1 Å². The van der Waals surface area contributed by atoms with Crippen LogP contribution in [-0.4, -0.2) is 37.8 Å². The van der Waals surface area contributed by atoms with E-state index >= 15 is 0 Å². The molecule has 2 heterocycles. The number of carbonyl (C=O) groups is 2. The Kier molecular flexibility index (Phi) is 6.07. The monoisotopic (exact) mass is 440 g/mol. The summed E-state index contributed by atoms with van der Waals surface area (Å²) in [5.74, 6) is -0.0946. The van der Waals surface area contributed by atoms with E-state index in [1.54, 1.807) is 31.4 Å². The van der Waals surface area contributed by atoms with Gasteiger partial charge in [0.2, 0.25) is 5.91 Å². The molecule has 1 saturated heterocycles. The summed E-state index contributed by atoms with van der Waals surface area (Å²) in [6, 6.07) is 12.5. The third-order valence-corrected chi connectivity index (χ3v) is 5.19. The summed E-state index contributed by atoms with van der Waals surface area (Å²) in [5.41, 5.74) is 1.70. The molecule has 0 aliphatic carbocycles. The summed E-state index contributed by atoms with van der Waals surface area (Å²) in [6.07, 6.45) is 0.0336. The summed E-state index contributed by atoms with van der Waals surface area (Å²) < 4.78 is 34.3. The summed E-state index contributed by atoms with van der Waals surface area (Å²) in [5, 5.41) is 3.94. The number of anilines is 1. The van der Waals surface area contributed by atoms with Crippen LogP contribution in [0.4, 0.5) is 10.1 Å². The van der Waals surface area contributed by atoms with E-state index in [4.69, 9.17) is 18.7 Å². The van der Waals surface area contributed by atoms with Gasteiger partial charge in [0.15, 0.2) is 17.3 Å². The molecule has 9 heteroatoms. The number of hydrogen-bond donors (Lipinski definition) is 0. The maximum Gasteiger partial charge on any atom is 0.311 e. The van der Waals surface area contributed by atoms with Gasteiger partial charge in [0, 0.05) is 30.3 Å². The standard InChI is InChI=1S/C23H21FN2O6/c1-29-19-8-3-14(9-21(19)30-2)20-11-17(25-32-20)13-31-23(28)15-10-22(27)26(12-15)18-6-4-16(24)5-7-18/h3-9,11,15H,10,12-13H2,1-2H3. The zero-order valence-electron chi connectivity index (χ0n) is 17.5. The molecule has 0 N–H and O–H groups in total. The highest BCUT2D eigenvalue weighted by atomic mass is 19.1. The molecule has 166 valence electrons. The number of ether oxygens (including phenoxy) is 3. The molecule has 4 rings (SSSR count). The lowest BCUT2D eigenvalue weighted by molar-refractivity contribution is -0.149. The molecule has 1 aliphatic rings. The van der Waals surface area contributed by atoms with Crippen molar-refractivity contribution in [2.45, 2.75) is 13.0 Å². The Morgan fingerprint density at radius 2 is 1.88 bits per heavy atom. The van der Waals surface area contributed by atoms with Crippen molar-refractivity contribution in [3.05, 3.63) is 60.0 Å². The Morgan fingerprint density at radius 3 is 2.59 bits per heavy atom. The van der Waals surface area contributed by atoms with Crippen LogP contribution < -0.4 is 14.4 Å². The summed E-state index contributed by atoms with van der Waals surface area (Å²) in [7, 11) is 3.09. The van der Waals surface area contributed by atoms with Gasteiger partial charge >= 0.3 is 5.97 Å². The Bertz CT molecular complexity index is 1130. The third kappa shape index (κ3) is 4.41. The van der Waals surface area contributed by atoms with Crippen LogP contribution in [0.3, 0.4) is 0 Å². The summed E-state index contributed by atoms with van der Waals surface area (Å²) >= 11 is 0. The molecular formula is C23H21FN2O6. The molecule has 8 nitrogen and oxygen atoms in total. The van der Waals surface area contributed by atoms with Crippen molar-refractivity contribution in [1.29, 1.82) is 0 Å². The largest absolute Gasteiger partial charge is 0.493 e. The van der Waals surface area contributed by atoms with Crippen LogP contribution in [0.2, 0.25) is 0 Å². The summed E-state index contributed by atoms with van der Waals surface area (Å²) in [4.78, 5) is 26.2. The van der Waals surface area contributed by atoms with Crippen LogP contribution in [0.1, 0.15) is 12.1 Å². The van der Waals surface area contributed by atoms with E-state index in [1.165, 1.54) is 36.3 Å². The predicted octanol–water partition coefficient (Wildman–Crippen LogP) is 3.59. The topological polar surface area (TPSA) is 91.1 Å². The number of benzene rings is 2. The van der Waals surface area contributed by atoms with Crippen LogP contribution in [0.5, 0.6) is 11.5 Å². The van der Waals surface area contributed by atoms with Gasteiger partial charge in [-0.3, -0.25) is 9.59 Å². The van der Waals surface area contributed by atoms with Gasteiger partial charge in [-0.1, -0.05) is 5.16 Å². The van der Waals surface area contributed by atoms with Gasteiger partial charge in [-0.05, 0) is 42.5 Å². The van der Waals surface area contributed by atoms with Gasteiger partial charge in [0.25, 0.3) is 0 Å². The second-order valence-electron chi connectivity index (χ2n) is 7.24. The Hall–Kier alpha value is -3.88. The lowest BCUT2D eigenvalue weighted by Crippen LogP contribution is -2.26. The second-order valence-corrected chi connectivity index (χ2v) is 7.24. The van der Waals surface area contributed by atoms with Crippen molar-refractivity contribution in [1.82, 2.24) is 5.16 Å². The number of carbonyl (C=O) groups excluding carboxylic acids is 2. The van der Waals surface area contributed by atoms with Gasteiger partial charge in [-0.2, -0.15) is 0 Å². The molecule has 2 aromatic carbocycles. The number of rotatable bonds is 7. The number of esters is 1. The number of methoxy groups -OCH3 is 2. The Labute approximate surface area is 183 Å². The molecule has 1 fully saturated rings. The molecule has 0 bridgehead atoms. The minimum atomic E-state index is -0.607. The number of amides is 1. The molecule has 1 amide bonds. The molecular weight excluding hydrogens is 419 g/mol. The fraction of sp³-hybridized carbons (Fsp3) is 0.261. The van der Waals surface area contributed by atoms with Crippen LogP contribution in [0, 0.1) is 11.7 Å². The van der Waals surface area contributed by atoms with Gasteiger partial charge in [-0.15, -0.1) is 0 Å². The van der Waals surface area contributed by atoms with E-state index in [2.05, 4.69) is 5.16 Å². The van der Waals surface area contributed by atoms with Crippen molar-refractivity contribution in [3.8, 4) is 22.8 Å². The molecule has 0 radical (unpaired) electrons. The molecule has 1 unspecified atom stereocenters. The molecule has 3 aromatic rings. The van der Waals surface area contributed by atoms with Gasteiger partial charge < -0.3 is 23.6 Å². The third-order valence-electron chi connectivity index (χ3n) is 5.19. The van der Waals surface area contributed by atoms with Crippen molar-refractivity contribution in [2.75, 3.05) is 25.7 Å². The van der Waals surface area contributed by atoms with Crippen molar-refractivity contribution in [2.24, 2.45) is 5.92 Å². The van der Waals surface area contributed by atoms with E-state index < -0.39 is 17.7 Å². The Morgan fingerprint density at radius 1 is 1.12 bits per heavy atom. The van der Waals surface area contributed by atoms with Crippen LogP contribution >= 0.6 is 0 Å². The first-order valence-electron chi connectivity index (χ1n) is 9.89. The number of halogens is 1. The highest BCUT2D eigenvalue weighted by Gasteiger charge is 2.36. The Balaban J connectivity index is 1.36.